The van der Waals surface area contributed by atoms with E-state index in [0.29, 0.717) is 26.9 Å². The highest BCUT2D eigenvalue weighted by molar-refractivity contribution is 9.11. The molecule has 0 spiro atoms. The molecule has 0 bridgehead atoms. The summed E-state index contributed by atoms with van der Waals surface area (Å²) < 4.78 is 7.38. The first-order chi connectivity index (χ1) is 12.5. The third-order valence-corrected chi connectivity index (χ3v) is 5.20. The van der Waals surface area contributed by atoms with Gasteiger partial charge >= 0.3 is 5.97 Å². The van der Waals surface area contributed by atoms with Crippen molar-refractivity contribution in [3.05, 3.63) is 74.7 Å². The van der Waals surface area contributed by atoms with Crippen molar-refractivity contribution in [1.82, 2.24) is 0 Å². The Hall–Kier alpha value is -1.89. The molecule has 6 heteroatoms. The van der Waals surface area contributed by atoms with Gasteiger partial charge in [-0.1, -0.05) is 42.5 Å². The molecule has 0 amide bonds. The molecule has 0 aromatic heterocycles. The van der Waals surface area contributed by atoms with Crippen molar-refractivity contribution >= 4 is 48.6 Å². The number of aliphatic carboxylic acids is 1. The fourth-order valence-corrected chi connectivity index (χ4v) is 4.26. The Morgan fingerprint density at radius 3 is 2.38 bits per heavy atom. The molecule has 0 saturated carbocycles. The monoisotopic (exact) mass is 478 g/mol. The smallest absolute Gasteiger partial charge is 0.332 e. The highest BCUT2D eigenvalue weighted by Gasteiger charge is 2.16. The molecule has 2 N–H and O–H groups in total. The van der Waals surface area contributed by atoms with Gasteiger partial charge < -0.3 is 14.9 Å². The number of carbonyl (C=O) groups is 1. The van der Waals surface area contributed by atoms with Crippen LogP contribution in [0, 0.1) is 0 Å². The van der Waals surface area contributed by atoms with Gasteiger partial charge in [0.2, 0.25) is 0 Å². The number of hydrogen-bond donors (Lipinski definition) is 2. The number of benzene rings is 3. The van der Waals surface area contributed by atoms with Crippen LogP contribution in [0.25, 0.3) is 10.8 Å². The van der Waals surface area contributed by atoms with Crippen LogP contribution in [0.2, 0.25) is 0 Å². The van der Waals surface area contributed by atoms with Crippen LogP contribution in [0.3, 0.4) is 0 Å². The van der Waals surface area contributed by atoms with Crippen molar-refractivity contribution in [2.75, 3.05) is 0 Å². The average molecular weight is 480 g/mol. The quantitative estimate of drug-likeness (QED) is 0.525. The molecule has 1 atom stereocenters. The number of fused-ring (bicyclic) bond motifs is 1. The van der Waals surface area contributed by atoms with Gasteiger partial charge in [-0.25, -0.2) is 4.79 Å². The van der Waals surface area contributed by atoms with Crippen molar-refractivity contribution in [3.63, 3.8) is 0 Å². The molecule has 3 aromatic rings. The maximum absolute atomic E-state index is 10.8. The van der Waals surface area contributed by atoms with E-state index in [2.05, 4.69) is 50.1 Å². The van der Waals surface area contributed by atoms with E-state index in [4.69, 9.17) is 9.84 Å². The van der Waals surface area contributed by atoms with Crippen molar-refractivity contribution in [3.8, 4) is 5.75 Å². The predicted molar refractivity (Wildman–Crippen MR) is 107 cm³/mol. The molecule has 4 nitrogen and oxygen atoms in total. The van der Waals surface area contributed by atoms with Crippen LogP contribution in [0.5, 0.6) is 5.75 Å². The van der Waals surface area contributed by atoms with Crippen LogP contribution < -0.4 is 4.74 Å². The molecule has 0 aliphatic heterocycles. The maximum Gasteiger partial charge on any atom is 0.332 e. The maximum atomic E-state index is 10.8. The molecule has 0 fully saturated rings. The number of rotatable bonds is 6. The summed E-state index contributed by atoms with van der Waals surface area (Å²) in [6.45, 7) is 0.398. The SMILES string of the molecule is O=C(O)C(O)Cc1cc(Br)c(OCc2cccc3ccccc23)c(Br)c1. The van der Waals surface area contributed by atoms with E-state index in [9.17, 15) is 9.90 Å². The van der Waals surface area contributed by atoms with Gasteiger partial charge in [0, 0.05) is 6.42 Å². The van der Waals surface area contributed by atoms with Crippen molar-refractivity contribution in [1.29, 1.82) is 0 Å². The second kappa shape index (κ2) is 8.20. The first-order valence-electron chi connectivity index (χ1n) is 7.94. The van der Waals surface area contributed by atoms with Gasteiger partial charge in [-0.05, 0) is 65.9 Å². The first kappa shape index (κ1) is 18.9. The highest BCUT2D eigenvalue weighted by Crippen LogP contribution is 2.36. The minimum Gasteiger partial charge on any atom is -0.487 e. The Kier molecular flexibility index (Phi) is 5.96. The predicted octanol–water partition coefficient (Wildman–Crippen LogP) is 4.93. The number of carboxylic acids is 1. The third kappa shape index (κ3) is 4.26. The standard InChI is InChI=1S/C20H16Br2O4/c21-16-8-12(10-18(23)20(24)25)9-17(22)19(16)26-11-14-6-3-5-13-4-1-2-7-15(13)14/h1-9,18,23H,10-11H2,(H,24,25). The first-order valence-corrected chi connectivity index (χ1v) is 9.52. The van der Waals surface area contributed by atoms with Gasteiger partial charge in [0.15, 0.2) is 6.10 Å². The lowest BCUT2D eigenvalue weighted by Crippen LogP contribution is -2.21. The second-order valence-corrected chi connectivity index (χ2v) is 7.58. The zero-order valence-corrected chi connectivity index (χ0v) is 16.8. The van der Waals surface area contributed by atoms with E-state index >= 15 is 0 Å². The lowest BCUT2D eigenvalue weighted by Gasteiger charge is -2.14. The lowest BCUT2D eigenvalue weighted by atomic mass is 10.1. The molecule has 0 heterocycles. The summed E-state index contributed by atoms with van der Waals surface area (Å²) in [5, 5.41) is 20.7. The number of halogens is 2. The van der Waals surface area contributed by atoms with E-state index in [1.165, 1.54) is 0 Å². The Morgan fingerprint density at radius 2 is 1.69 bits per heavy atom. The summed E-state index contributed by atoms with van der Waals surface area (Å²) in [5.41, 5.74) is 1.77. The van der Waals surface area contributed by atoms with E-state index < -0.39 is 12.1 Å². The Labute approximate surface area is 167 Å². The minimum absolute atomic E-state index is 0.0239. The number of hydrogen-bond acceptors (Lipinski definition) is 3. The highest BCUT2D eigenvalue weighted by atomic mass is 79.9. The third-order valence-electron chi connectivity index (χ3n) is 4.02. The van der Waals surface area contributed by atoms with Gasteiger partial charge in [0.25, 0.3) is 0 Å². The summed E-state index contributed by atoms with van der Waals surface area (Å²) >= 11 is 6.93. The number of aliphatic hydroxyl groups excluding tert-OH is 1. The Balaban J connectivity index is 1.80. The molecule has 3 rings (SSSR count). The molecule has 0 aliphatic carbocycles. The van der Waals surface area contributed by atoms with Crippen molar-refractivity contribution in [2.45, 2.75) is 19.1 Å². The van der Waals surface area contributed by atoms with Crippen molar-refractivity contribution < 1.29 is 19.7 Å². The lowest BCUT2D eigenvalue weighted by molar-refractivity contribution is -0.146. The average Bonchev–Trinajstić information content (AvgIpc) is 2.61. The Bertz CT molecular complexity index is 927. The molecule has 0 saturated heterocycles. The zero-order valence-electron chi connectivity index (χ0n) is 13.7. The number of carboxylic acid groups (broad SMARTS) is 1. The molecular weight excluding hydrogens is 464 g/mol. The van der Waals surface area contributed by atoms with Crippen LogP contribution in [-0.4, -0.2) is 22.3 Å². The normalized spacial score (nSPS) is 12.1. The van der Waals surface area contributed by atoms with E-state index in [1.54, 1.807) is 12.1 Å². The Morgan fingerprint density at radius 1 is 1.04 bits per heavy atom. The molecule has 1 unspecified atom stereocenters. The van der Waals surface area contributed by atoms with Crippen LogP contribution >= 0.6 is 31.9 Å². The van der Waals surface area contributed by atoms with E-state index in [-0.39, 0.29) is 6.42 Å². The van der Waals surface area contributed by atoms with Crippen LogP contribution in [0.15, 0.2) is 63.5 Å². The van der Waals surface area contributed by atoms with Crippen LogP contribution in [0.4, 0.5) is 0 Å². The van der Waals surface area contributed by atoms with E-state index in [1.807, 2.05) is 24.3 Å². The summed E-state index contributed by atoms with van der Waals surface area (Å²) in [6, 6.07) is 17.7. The minimum atomic E-state index is -1.43. The fraction of sp³-hybridized carbons (Fsp3) is 0.150. The van der Waals surface area contributed by atoms with Gasteiger partial charge in [0.05, 0.1) is 8.95 Å². The summed E-state index contributed by atoms with van der Waals surface area (Å²) in [6.07, 6.45) is -1.41. The summed E-state index contributed by atoms with van der Waals surface area (Å²) in [5.74, 6) is -0.611. The van der Waals surface area contributed by atoms with Gasteiger partial charge in [-0.15, -0.1) is 0 Å². The molecule has 3 aromatic carbocycles. The topological polar surface area (TPSA) is 66.8 Å². The summed E-state index contributed by atoms with van der Waals surface area (Å²) in [4.78, 5) is 10.8. The fourth-order valence-electron chi connectivity index (χ4n) is 2.75. The second-order valence-electron chi connectivity index (χ2n) is 5.87. The number of ether oxygens (including phenoxy) is 1. The zero-order chi connectivity index (χ0) is 18.7. The number of aliphatic hydroxyl groups is 1. The van der Waals surface area contributed by atoms with Gasteiger partial charge in [-0.2, -0.15) is 0 Å². The van der Waals surface area contributed by atoms with Gasteiger partial charge in [0.1, 0.15) is 12.4 Å². The molecule has 0 radical (unpaired) electrons. The van der Waals surface area contributed by atoms with Crippen LogP contribution in [0.1, 0.15) is 11.1 Å². The van der Waals surface area contributed by atoms with Gasteiger partial charge in [-0.3, -0.25) is 0 Å². The molecule has 0 aliphatic rings. The van der Waals surface area contributed by atoms with E-state index in [0.717, 1.165) is 16.3 Å². The largest absolute Gasteiger partial charge is 0.487 e. The summed E-state index contributed by atoms with van der Waals surface area (Å²) in [7, 11) is 0. The molecule has 26 heavy (non-hydrogen) atoms. The molecule has 134 valence electrons. The molecular formula is C20H16Br2O4. The van der Waals surface area contributed by atoms with Crippen LogP contribution in [-0.2, 0) is 17.8 Å². The van der Waals surface area contributed by atoms with Crippen molar-refractivity contribution in [2.24, 2.45) is 0 Å².